The fraction of sp³-hybridized carbons (Fsp3) is 0.700. The fourth-order valence-corrected chi connectivity index (χ4v) is 3.34. The molecule has 17 heavy (non-hydrogen) atoms. The van der Waals surface area contributed by atoms with Crippen LogP contribution in [-0.2, 0) is 17.9 Å². The molecule has 1 aliphatic heterocycles. The highest BCUT2D eigenvalue weighted by molar-refractivity contribution is 8.00. The van der Waals surface area contributed by atoms with Gasteiger partial charge in [0, 0.05) is 6.54 Å². The number of thioether (sulfide) groups is 1. The molecule has 1 saturated heterocycles. The minimum absolute atomic E-state index is 0.115. The van der Waals surface area contributed by atoms with Gasteiger partial charge < -0.3 is 9.88 Å². The zero-order valence-electron chi connectivity index (χ0n) is 9.73. The number of hydrogen-bond acceptors (Lipinski definition) is 4. The molecule has 0 spiro atoms. The van der Waals surface area contributed by atoms with Crippen LogP contribution in [0, 0.1) is 4.77 Å². The number of nitrogens with zero attached hydrogens (tertiary/aromatic N) is 2. The molecule has 0 unspecified atom stereocenters. The third-order valence-corrected chi connectivity index (χ3v) is 4.48. The predicted octanol–water partition coefficient (Wildman–Crippen LogP) is 1.47. The number of rotatable bonds is 4. The second-order valence-corrected chi connectivity index (χ2v) is 5.61. The lowest BCUT2D eigenvalue weighted by Crippen LogP contribution is -2.31. The molecule has 2 N–H and O–H groups in total. The SMILES string of the molecule is CCn1c(CNC(=O)[C@H]2CCCS2)n[nH]c1=S. The Morgan fingerprint density at radius 2 is 2.59 bits per heavy atom. The molecule has 1 amide bonds. The first-order valence-corrected chi connectivity index (χ1v) is 7.21. The highest BCUT2D eigenvalue weighted by Crippen LogP contribution is 2.25. The molecular weight excluding hydrogens is 256 g/mol. The second kappa shape index (κ2) is 5.68. The average Bonchev–Trinajstić information content (AvgIpc) is 2.95. The van der Waals surface area contributed by atoms with Crippen molar-refractivity contribution in [3.8, 4) is 0 Å². The van der Waals surface area contributed by atoms with Crippen LogP contribution in [0.1, 0.15) is 25.6 Å². The van der Waals surface area contributed by atoms with Crippen molar-refractivity contribution in [2.45, 2.75) is 38.1 Å². The van der Waals surface area contributed by atoms with Crippen molar-refractivity contribution >= 4 is 29.9 Å². The van der Waals surface area contributed by atoms with E-state index in [-0.39, 0.29) is 11.2 Å². The molecule has 2 heterocycles. The van der Waals surface area contributed by atoms with Gasteiger partial charge in [-0.05, 0) is 37.7 Å². The van der Waals surface area contributed by atoms with E-state index in [1.165, 1.54) is 0 Å². The van der Waals surface area contributed by atoms with E-state index in [1.54, 1.807) is 11.8 Å². The van der Waals surface area contributed by atoms with Crippen molar-refractivity contribution in [3.63, 3.8) is 0 Å². The summed E-state index contributed by atoms with van der Waals surface area (Å²) in [7, 11) is 0. The normalized spacial score (nSPS) is 19.5. The van der Waals surface area contributed by atoms with E-state index in [2.05, 4.69) is 15.5 Å². The van der Waals surface area contributed by atoms with Gasteiger partial charge in [-0.3, -0.25) is 9.89 Å². The lowest BCUT2D eigenvalue weighted by atomic mass is 10.2. The minimum Gasteiger partial charge on any atom is -0.348 e. The summed E-state index contributed by atoms with van der Waals surface area (Å²) >= 11 is 6.82. The third kappa shape index (κ3) is 2.90. The van der Waals surface area contributed by atoms with Crippen molar-refractivity contribution in [2.24, 2.45) is 0 Å². The van der Waals surface area contributed by atoms with Crippen molar-refractivity contribution in [2.75, 3.05) is 5.75 Å². The Balaban J connectivity index is 1.92. The highest BCUT2D eigenvalue weighted by Gasteiger charge is 2.23. The molecule has 7 heteroatoms. The Morgan fingerprint density at radius 3 is 3.24 bits per heavy atom. The lowest BCUT2D eigenvalue weighted by molar-refractivity contribution is -0.120. The predicted molar refractivity (Wildman–Crippen MR) is 70.4 cm³/mol. The molecule has 94 valence electrons. The van der Waals surface area contributed by atoms with Crippen LogP contribution in [0.25, 0.3) is 0 Å². The van der Waals surface area contributed by atoms with E-state index in [4.69, 9.17) is 12.2 Å². The molecule has 1 aliphatic rings. The molecule has 0 aliphatic carbocycles. The summed E-state index contributed by atoms with van der Waals surface area (Å²) in [6.07, 6.45) is 2.12. The monoisotopic (exact) mass is 272 g/mol. The van der Waals surface area contributed by atoms with Gasteiger partial charge in [0.05, 0.1) is 11.8 Å². The smallest absolute Gasteiger partial charge is 0.233 e. The fourth-order valence-electron chi connectivity index (χ4n) is 1.88. The number of carbonyl (C=O) groups excluding carboxylic acids is 1. The van der Waals surface area contributed by atoms with Gasteiger partial charge in [-0.1, -0.05) is 0 Å². The molecule has 5 nitrogen and oxygen atoms in total. The minimum atomic E-state index is 0.115. The lowest BCUT2D eigenvalue weighted by Gasteiger charge is -2.09. The van der Waals surface area contributed by atoms with E-state index < -0.39 is 0 Å². The first kappa shape index (κ1) is 12.6. The summed E-state index contributed by atoms with van der Waals surface area (Å²) in [4.78, 5) is 11.8. The molecule has 0 aromatic carbocycles. The van der Waals surface area contributed by atoms with Crippen LogP contribution in [0.2, 0.25) is 0 Å². The number of aromatic amines is 1. The van der Waals surface area contributed by atoms with Gasteiger partial charge in [-0.15, -0.1) is 11.8 Å². The van der Waals surface area contributed by atoms with Crippen molar-refractivity contribution in [1.29, 1.82) is 0 Å². The van der Waals surface area contributed by atoms with Crippen molar-refractivity contribution < 1.29 is 4.79 Å². The van der Waals surface area contributed by atoms with Crippen LogP contribution >= 0.6 is 24.0 Å². The Bertz CT molecular complexity index is 447. The van der Waals surface area contributed by atoms with Gasteiger partial charge in [-0.25, -0.2) is 0 Å². The Morgan fingerprint density at radius 1 is 1.76 bits per heavy atom. The van der Waals surface area contributed by atoms with Crippen LogP contribution in [0.5, 0.6) is 0 Å². The zero-order chi connectivity index (χ0) is 12.3. The number of amides is 1. The van der Waals surface area contributed by atoms with Crippen LogP contribution in [0.3, 0.4) is 0 Å². The number of carbonyl (C=O) groups is 1. The number of H-pyrrole nitrogens is 1. The van der Waals surface area contributed by atoms with E-state index in [0.717, 1.165) is 31.0 Å². The molecule has 1 aromatic rings. The van der Waals surface area contributed by atoms with E-state index in [9.17, 15) is 4.79 Å². The topological polar surface area (TPSA) is 62.7 Å². The summed E-state index contributed by atoms with van der Waals surface area (Å²) < 4.78 is 2.49. The quantitative estimate of drug-likeness (QED) is 0.815. The van der Waals surface area contributed by atoms with Gasteiger partial charge >= 0.3 is 0 Å². The Kier molecular flexibility index (Phi) is 4.22. The van der Waals surface area contributed by atoms with Gasteiger partial charge in [-0.2, -0.15) is 5.10 Å². The van der Waals surface area contributed by atoms with Gasteiger partial charge in [0.25, 0.3) is 0 Å². The third-order valence-electron chi connectivity index (χ3n) is 2.80. The molecule has 0 radical (unpaired) electrons. The maximum Gasteiger partial charge on any atom is 0.233 e. The number of hydrogen-bond donors (Lipinski definition) is 2. The Labute approximate surface area is 109 Å². The zero-order valence-corrected chi connectivity index (χ0v) is 11.4. The first-order chi connectivity index (χ1) is 8.22. The van der Waals surface area contributed by atoms with Crippen LogP contribution < -0.4 is 5.32 Å². The maximum atomic E-state index is 11.8. The molecule has 0 saturated carbocycles. The van der Waals surface area contributed by atoms with Crippen LogP contribution in [0.4, 0.5) is 0 Å². The van der Waals surface area contributed by atoms with Crippen molar-refractivity contribution in [1.82, 2.24) is 20.1 Å². The summed E-state index contributed by atoms with van der Waals surface area (Å²) in [5, 5.41) is 9.89. The summed E-state index contributed by atoms with van der Waals surface area (Å²) in [6.45, 7) is 3.21. The molecule has 0 bridgehead atoms. The molecule has 2 rings (SSSR count). The maximum absolute atomic E-state index is 11.8. The van der Waals surface area contributed by atoms with Gasteiger partial charge in [0.2, 0.25) is 5.91 Å². The molecule has 1 fully saturated rings. The molecule has 1 aromatic heterocycles. The summed E-state index contributed by atoms with van der Waals surface area (Å²) in [5.41, 5.74) is 0. The molecule has 1 atom stereocenters. The van der Waals surface area contributed by atoms with E-state index in [0.29, 0.717) is 11.3 Å². The summed E-state index contributed by atoms with van der Waals surface area (Å²) in [6, 6.07) is 0. The van der Waals surface area contributed by atoms with Crippen LogP contribution in [-0.4, -0.2) is 31.7 Å². The number of nitrogens with one attached hydrogen (secondary N) is 2. The standard InChI is InChI=1S/C10H16N4OS2/c1-2-14-8(12-13-10(14)16)6-11-9(15)7-4-3-5-17-7/h7H,2-6H2,1H3,(H,11,15)(H,13,16)/t7-/m1/s1. The molecular formula is C10H16N4OS2. The average molecular weight is 272 g/mol. The largest absolute Gasteiger partial charge is 0.348 e. The Hall–Kier alpha value is -0.820. The van der Waals surface area contributed by atoms with E-state index >= 15 is 0 Å². The van der Waals surface area contributed by atoms with Crippen LogP contribution in [0.15, 0.2) is 0 Å². The van der Waals surface area contributed by atoms with E-state index in [1.807, 2.05) is 11.5 Å². The summed E-state index contributed by atoms with van der Waals surface area (Å²) in [5.74, 6) is 1.99. The van der Waals surface area contributed by atoms with Gasteiger partial charge in [0.1, 0.15) is 0 Å². The van der Waals surface area contributed by atoms with Crippen molar-refractivity contribution in [3.05, 3.63) is 10.6 Å². The number of aromatic nitrogens is 3. The second-order valence-electron chi connectivity index (χ2n) is 3.91. The van der Waals surface area contributed by atoms with Gasteiger partial charge in [0.15, 0.2) is 10.6 Å². The highest BCUT2D eigenvalue weighted by atomic mass is 32.2. The first-order valence-electron chi connectivity index (χ1n) is 5.75.